The molecule has 0 aromatic rings. The van der Waals surface area contributed by atoms with Gasteiger partial charge in [-0.05, 0) is 31.6 Å². The number of hydrogen-bond acceptors (Lipinski definition) is 2. The molecule has 0 bridgehead atoms. The second kappa shape index (κ2) is 8.11. The van der Waals surface area contributed by atoms with Gasteiger partial charge in [-0.2, -0.15) is 0 Å². The summed E-state index contributed by atoms with van der Waals surface area (Å²) < 4.78 is 0. The van der Waals surface area contributed by atoms with Crippen LogP contribution >= 0.6 is 0 Å². The second-order valence-corrected chi connectivity index (χ2v) is 4.91. The molecule has 0 amide bonds. The van der Waals surface area contributed by atoms with Gasteiger partial charge in [0.25, 0.3) is 0 Å². The zero-order chi connectivity index (χ0) is 14.2. The molecule has 0 spiro atoms. The van der Waals surface area contributed by atoms with Crippen LogP contribution in [0.15, 0.2) is 0 Å². The Morgan fingerprint density at radius 3 is 1.94 bits per heavy atom. The van der Waals surface area contributed by atoms with Crippen LogP contribution < -0.4 is 0 Å². The zero-order valence-corrected chi connectivity index (χ0v) is 11.7. The lowest BCUT2D eigenvalue weighted by atomic mass is 9.68. The highest BCUT2D eigenvalue weighted by Crippen LogP contribution is 2.40. The molecule has 0 saturated heterocycles. The van der Waals surface area contributed by atoms with Gasteiger partial charge in [0.2, 0.25) is 0 Å². The normalized spacial score (nSPS) is 13.3. The Hall–Kier alpha value is -1.06. The molecule has 4 nitrogen and oxygen atoms in total. The van der Waals surface area contributed by atoms with E-state index in [0.29, 0.717) is 19.3 Å². The van der Waals surface area contributed by atoms with E-state index in [1.807, 2.05) is 20.8 Å². The van der Waals surface area contributed by atoms with Crippen LogP contribution in [0.25, 0.3) is 0 Å². The Morgan fingerprint density at radius 2 is 1.61 bits per heavy atom. The molecule has 0 aromatic heterocycles. The minimum absolute atomic E-state index is 0.138. The van der Waals surface area contributed by atoms with Crippen LogP contribution in [0.2, 0.25) is 0 Å². The maximum atomic E-state index is 11.5. The molecule has 0 rings (SSSR count). The highest BCUT2D eigenvalue weighted by atomic mass is 16.4. The lowest BCUT2D eigenvalue weighted by Crippen LogP contribution is -2.37. The first-order valence-corrected chi connectivity index (χ1v) is 6.89. The van der Waals surface area contributed by atoms with E-state index >= 15 is 0 Å². The van der Waals surface area contributed by atoms with E-state index < -0.39 is 17.4 Å². The van der Waals surface area contributed by atoms with Gasteiger partial charge in [-0.15, -0.1) is 0 Å². The summed E-state index contributed by atoms with van der Waals surface area (Å²) in [5.41, 5.74) is -0.641. The van der Waals surface area contributed by atoms with Crippen LogP contribution in [0, 0.1) is 11.3 Å². The van der Waals surface area contributed by atoms with E-state index in [2.05, 4.69) is 0 Å². The van der Waals surface area contributed by atoms with E-state index in [1.54, 1.807) is 0 Å². The van der Waals surface area contributed by atoms with Crippen molar-refractivity contribution in [1.29, 1.82) is 0 Å². The van der Waals surface area contributed by atoms with Crippen LogP contribution in [0.1, 0.15) is 65.7 Å². The molecule has 0 aliphatic heterocycles. The highest BCUT2D eigenvalue weighted by Gasteiger charge is 2.41. The molecule has 0 saturated carbocycles. The first-order chi connectivity index (χ1) is 8.44. The molecule has 1 atom stereocenters. The largest absolute Gasteiger partial charge is 0.481 e. The second-order valence-electron chi connectivity index (χ2n) is 4.91. The quantitative estimate of drug-likeness (QED) is 0.588. The Bertz CT molecular complexity index is 269. The van der Waals surface area contributed by atoms with Gasteiger partial charge in [0.05, 0.1) is 5.41 Å². The number of carboxylic acids is 2. The summed E-state index contributed by atoms with van der Waals surface area (Å²) in [6.45, 7) is 5.87. The number of hydrogen-bond donors (Lipinski definition) is 2. The van der Waals surface area contributed by atoms with Gasteiger partial charge in [-0.25, -0.2) is 0 Å². The monoisotopic (exact) mass is 258 g/mol. The van der Waals surface area contributed by atoms with E-state index in [-0.39, 0.29) is 12.3 Å². The molecule has 4 heteroatoms. The summed E-state index contributed by atoms with van der Waals surface area (Å²) in [4.78, 5) is 22.0. The maximum Gasteiger partial charge on any atom is 0.309 e. The van der Waals surface area contributed by atoms with Crippen LogP contribution in [-0.4, -0.2) is 22.2 Å². The van der Waals surface area contributed by atoms with Crippen molar-refractivity contribution in [3.05, 3.63) is 0 Å². The van der Waals surface area contributed by atoms with Crippen LogP contribution in [-0.2, 0) is 9.59 Å². The fraction of sp³-hybridized carbons (Fsp3) is 0.857. The van der Waals surface area contributed by atoms with E-state index in [4.69, 9.17) is 5.11 Å². The van der Waals surface area contributed by atoms with Gasteiger partial charge in [-0.1, -0.05) is 33.6 Å². The van der Waals surface area contributed by atoms with Crippen molar-refractivity contribution in [3.8, 4) is 0 Å². The highest BCUT2D eigenvalue weighted by molar-refractivity contribution is 5.75. The number of carbonyl (C=O) groups is 2. The molecule has 2 N–H and O–H groups in total. The van der Waals surface area contributed by atoms with E-state index in [0.717, 1.165) is 19.3 Å². The fourth-order valence-corrected chi connectivity index (χ4v) is 2.84. The predicted octanol–water partition coefficient (Wildman–Crippen LogP) is 3.55. The Kier molecular flexibility index (Phi) is 7.64. The lowest BCUT2D eigenvalue weighted by Gasteiger charge is -2.35. The van der Waals surface area contributed by atoms with Crippen molar-refractivity contribution in [2.75, 3.05) is 0 Å². The van der Waals surface area contributed by atoms with Gasteiger partial charge in [0.15, 0.2) is 0 Å². The number of carboxylic acid groups (broad SMARTS) is 2. The third kappa shape index (κ3) is 4.31. The first kappa shape index (κ1) is 16.9. The number of unbranched alkanes of at least 4 members (excludes halogenated alkanes) is 1. The van der Waals surface area contributed by atoms with Crippen LogP contribution in [0.5, 0.6) is 0 Å². The topological polar surface area (TPSA) is 74.6 Å². The van der Waals surface area contributed by atoms with Crippen molar-refractivity contribution in [2.24, 2.45) is 11.3 Å². The molecule has 0 aromatic carbocycles. The maximum absolute atomic E-state index is 11.5. The third-order valence-electron chi connectivity index (χ3n) is 4.16. The van der Waals surface area contributed by atoms with Crippen molar-refractivity contribution >= 4 is 11.9 Å². The SMILES string of the molecule is CCC(CCCCC(=O)O)C(CC)(CC)C(=O)O. The van der Waals surface area contributed by atoms with Gasteiger partial charge in [0.1, 0.15) is 0 Å². The minimum Gasteiger partial charge on any atom is -0.481 e. The first-order valence-electron chi connectivity index (χ1n) is 6.89. The average Bonchev–Trinajstić information content (AvgIpc) is 2.32. The van der Waals surface area contributed by atoms with Gasteiger partial charge in [-0.3, -0.25) is 9.59 Å². The van der Waals surface area contributed by atoms with E-state index in [9.17, 15) is 14.7 Å². The summed E-state index contributed by atoms with van der Waals surface area (Å²) in [7, 11) is 0. The van der Waals surface area contributed by atoms with Gasteiger partial charge < -0.3 is 10.2 Å². The van der Waals surface area contributed by atoms with Crippen molar-refractivity contribution < 1.29 is 19.8 Å². The molecule has 18 heavy (non-hydrogen) atoms. The molecular formula is C14H26O4. The van der Waals surface area contributed by atoms with Gasteiger partial charge >= 0.3 is 11.9 Å². The van der Waals surface area contributed by atoms with Crippen molar-refractivity contribution in [1.82, 2.24) is 0 Å². The van der Waals surface area contributed by atoms with Crippen LogP contribution in [0.3, 0.4) is 0 Å². The molecule has 106 valence electrons. The summed E-state index contributed by atoms with van der Waals surface area (Å²) in [5, 5.41) is 18.1. The molecule has 0 fully saturated rings. The fourth-order valence-electron chi connectivity index (χ4n) is 2.84. The summed E-state index contributed by atoms with van der Waals surface area (Å²) in [5.74, 6) is -1.35. The molecule has 0 radical (unpaired) electrons. The third-order valence-corrected chi connectivity index (χ3v) is 4.16. The molecule has 1 unspecified atom stereocenters. The summed E-state index contributed by atoms with van der Waals surface area (Å²) >= 11 is 0. The zero-order valence-electron chi connectivity index (χ0n) is 11.7. The van der Waals surface area contributed by atoms with Crippen molar-refractivity contribution in [3.63, 3.8) is 0 Å². The number of aliphatic carboxylic acids is 2. The lowest BCUT2D eigenvalue weighted by molar-refractivity contribution is -0.154. The van der Waals surface area contributed by atoms with Gasteiger partial charge in [0, 0.05) is 6.42 Å². The Balaban J connectivity index is 4.52. The van der Waals surface area contributed by atoms with E-state index in [1.165, 1.54) is 0 Å². The predicted molar refractivity (Wildman–Crippen MR) is 70.5 cm³/mol. The number of rotatable bonds is 10. The molecule has 0 heterocycles. The van der Waals surface area contributed by atoms with Crippen LogP contribution in [0.4, 0.5) is 0 Å². The Morgan fingerprint density at radius 1 is 1.06 bits per heavy atom. The summed E-state index contributed by atoms with van der Waals surface area (Å²) in [6, 6.07) is 0. The minimum atomic E-state index is -0.779. The standard InChI is InChI=1S/C14H26O4/c1-4-11(9-7-8-10-12(15)16)14(5-2,6-3)13(17)18/h11H,4-10H2,1-3H3,(H,15,16)(H,17,18). The molecule has 0 aliphatic rings. The average molecular weight is 258 g/mol. The summed E-state index contributed by atoms with van der Waals surface area (Å²) in [6.07, 6.45) is 4.51. The van der Waals surface area contributed by atoms with Crippen molar-refractivity contribution in [2.45, 2.75) is 65.7 Å². The molecule has 0 aliphatic carbocycles. The molecular weight excluding hydrogens is 232 g/mol. The Labute approximate surface area is 109 Å². The smallest absolute Gasteiger partial charge is 0.309 e.